The van der Waals surface area contributed by atoms with Crippen LogP contribution >= 0.6 is 24.0 Å². The van der Waals surface area contributed by atoms with Crippen LogP contribution in [0.2, 0.25) is 0 Å². The Labute approximate surface area is 158 Å². The normalized spacial score (nSPS) is 11.8. The smallest absolute Gasteiger partial charge is 0.268 e. The topological polar surface area (TPSA) is 126 Å². The molecular formula is C16H16N6O2S2. The van der Waals surface area contributed by atoms with Crippen molar-refractivity contribution in [1.82, 2.24) is 20.6 Å². The number of thiophene rings is 1. The molecule has 2 aromatic heterocycles. The van der Waals surface area contributed by atoms with Gasteiger partial charge in [-0.2, -0.15) is 17.7 Å². The second kappa shape index (κ2) is 7.68. The molecule has 0 saturated carbocycles. The van der Waals surface area contributed by atoms with Gasteiger partial charge in [0.1, 0.15) is 17.2 Å². The number of rotatable bonds is 5. The van der Waals surface area contributed by atoms with Crippen LogP contribution in [0.25, 0.3) is 0 Å². The Morgan fingerprint density at radius 3 is 2.85 bits per heavy atom. The minimum absolute atomic E-state index is 0.335. The molecule has 2 amide bonds. The molecule has 0 spiro atoms. The van der Waals surface area contributed by atoms with E-state index in [1.807, 2.05) is 6.07 Å². The first kappa shape index (κ1) is 18.1. The second-order valence-corrected chi connectivity index (χ2v) is 6.85. The number of hydrogen-bond acceptors (Lipinski definition) is 7. The SMILES string of the molecule is Cc1csc(NC(=O)c2cccc(C(S)c3ncn[nH]3)c2)c1C(=O)NN. The molecule has 2 heterocycles. The van der Waals surface area contributed by atoms with Gasteiger partial charge in [-0.05, 0) is 35.6 Å². The van der Waals surface area contributed by atoms with Crippen molar-refractivity contribution in [2.24, 2.45) is 5.84 Å². The molecule has 1 aromatic carbocycles. The van der Waals surface area contributed by atoms with E-state index >= 15 is 0 Å². The van der Waals surface area contributed by atoms with Crippen molar-refractivity contribution in [3.05, 3.63) is 64.1 Å². The number of nitrogens with one attached hydrogen (secondary N) is 3. The minimum Gasteiger partial charge on any atom is -0.313 e. The van der Waals surface area contributed by atoms with Gasteiger partial charge in [-0.15, -0.1) is 11.3 Å². The standard InChI is InChI=1S/C16H16N6O2S2/c1-8-6-26-16(11(8)15(24)21-17)20-14(23)10-4-2-3-9(5-10)12(25)13-18-7-19-22-13/h2-7,12,25H,17H2,1H3,(H,20,23)(H,21,24)(H,18,19,22). The van der Waals surface area contributed by atoms with E-state index in [2.05, 4.69) is 38.6 Å². The Kier molecular flexibility index (Phi) is 5.35. The number of carbonyl (C=O) groups is 2. The lowest BCUT2D eigenvalue weighted by Gasteiger charge is -2.10. The second-order valence-electron chi connectivity index (χ2n) is 5.45. The van der Waals surface area contributed by atoms with Crippen molar-refractivity contribution in [3.8, 4) is 0 Å². The summed E-state index contributed by atoms with van der Waals surface area (Å²) in [6.07, 6.45) is 1.40. The van der Waals surface area contributed by atoms with E-state index in [-0.39, 0.29) is 11.2 Å². The number of aromatic amines is 1. The van der Waals surface area contributed by atoms with Crippen LogP contribution in [0.1, 0.15) is 42.9 Å². The Balaban J connectivity index is 1.83. The fraction of sp³-hybridized carbons (Fsp3) is 0.125. The molecule has 134 valence electrons. The van der Waals surface area contributed by atoms with E-state index in [1.54, 1.807) is 30.5 Å². The summed E-state index contributed by atoms with van der Waals surface area (Å²) < 4.78 is 0. The molecule has 1 atom stereocenters. The number of aryl methyl sites for hydroxylation is 1. The molecule has 10 heteroatoms. The molecule has 0 bridgehead atoms. The van der Waals surface area contributed by atoms with Crippen LogP contribution in [0.3, 0.4) is 0 Å². The Hall–Kier alpha value is -2.69. The molecule has 0 aliphatic rings. The first-order valence-electron chi connectivity index (χ1n) is 7.55. The van der Waals surface area contributed by atoms with Gasteiger partial charge in [-0.1, -0.05) is 12.1 Å². The molecule has 26 heavy (non-hydrogen) atoms. The zero-order valence-corrected chi connectivity index (χ0v) is 15.4. The van der Waals surface area contributed by atoms with E-state index in [9.17, 15) is 9.59 Å². The van der Waals surface area contributed by atoms with Crippen LogP contribution < -0.4 is 16.6 Å². The van der Waals surface area contributed by atoms with Gasteiger partial charge >= 0.3 is 0 Å². The van der Waals surface area contributed by atoms with E-state index in [0.29, 0.717) is 22.0 Å². The third-order valence-corrected chi connectivity index (χ3v) is 5.27. The molecule has 3 aromatic rings. The largest absolute Gasteiger partial charge is 0.313 e. The number of anilines is 1. The number of thiol groups is 1. The Morgan fingerprint density at radius 1 is 1.35 bits per heavy atom. The lowest BCUT2D eigenvalue weighted by molar-refractivity contribution is 0.0954. The van der Waals surface area contributed by atoms with Crippen LogP contribution in [0, 0.1) is 6.92 Å². The first-order valence-corrected chi connectivity index (χ1v) is 8.94. The van der Waals surface area contributed by atoms with Gasteiger partial charge in [-0.25, -0.2) is 10.8 Å². The maximum Gasteiger partial charge on any atom is 0.268 e. The fourth-order valence-corrected chi connectivity index (χ4v) is 3.64. The van der Waals surface area contributed by atoms with Crippen LogP contribution in [0.5, 0.6) is 0 Å². The molecule has 1 unspecified atom stereocenters. The third kappa shape index (κ3) is 3.62. The first-order chi connectivity index (χ1) is 12.5. The lowest BCUT2D eigenvalue weighted by Crippen LogP contribution is -2.31. The van der Waals surface area contributed by atoms with Gasteiger partial charge in [0.15, 0.2) is 0 Å². The van der Waals surface area contributed by atoms with Crippen molar-refractivity contribution >= 4 is 40.8 Å². The quantitative estimate of drug-likeness (QED) is 0.198. The van der Waals surface area contributed by atoms with Crippen molar-refractivity contribution in [2.75, 3.05) is 5.32 Å². The number of hydrazine groups is 1. The van der Waals surface area contributed by atoms with E-state index in [1.165, 1.54) is 17.7 Å². The van der Waals surface area contributed by atoms with Gasteiger partial charge in [0.05, 0.1) is 10.8 Å². The number of hydrogen-bond donors (Lipinski definition) is 5. The Morgan fingerprint density at radius 2 is 2.15 bits per heavy atom. The average Bonchev–Trinajstić information content (AvgIpc) is 3.31. The van der Waals surface area contributed by atoms with Gasteiger partial charge < -0.3 is 5.32 Å². The van der Waals surface area contributed by atoms with Gasteiger partial charge in [-0.3, -0.25) is 20.1 Å². The van der Waals surface area contributed by atoms with Crippen molar-refractivity contribution in [2.45, 2.75) is 12.2 Å². The van der Waals surface area contributed by atoms with Gasteiger partial charge in [0.2, 0.25) is 0 Å². The predicted octanol–water partition coefficient (Wildman–Crippen LogP) is 2.05. The third-order valence-electron chi connectivity index (χ3n) is 3.72. The highest BCUT2D eigenvalue weighted by molar-refractivity contribution is 7.80. The number of H-pyrrole nitrogens is 1. The van der Waals surface area contributed by atoms with E-state index in [4.69, 9.17) is 5.84 Å². The highest BCUT2D eigenvalue weighted by Crippen LogP contribution is 2.29. The van der Waals surface area contributed by atoms with Crippen molar-refractivity contribution < 1.29 is 9.59 Å². The van der Waals surface area contributed by atoms with Crippen molar-refractivity contribution in [3.63, 3.8) is 0 Å². The van der Waals surface area contributed by atoms with Gasteiger partial charge in [0.25, 0.3) is 11.8 Å². The number of carbonyl (C=O) groups excluding carboxylic acids is 2. The molecule has 0 saturated heterocycles. The maximum atomic E-state index is 12.6. The molecule has 0 aliphatic heterocycles. The Bertz CT molecular complexity index is 938. The van der Waals surface area contributed by atoms with Crippen LogP contribution in [-0.2, 0) is 0 Å². The summed E-state index contributed by atoms with van der Waals surface area (Å²) in [5, 5.41) is 11.2. The summed E-state index contributed by atoms with van der Waals surface area (Å²) in [6.45, 7) is 1.78. The summed E-state index contributed by atoms with van der Waals surface area (Å²) in [7, 11) is 0. The van der Waals surface area contributed by atoms with E-state index < -0.39 is 5.91 Å². The fourth-order valence-electron chi connectivity index (χ4n) is 2.42. The monoisotopic (exact) mass is 388 g/mol. The number of nitrogens with two attached hydrogens (primary N) is 1. The van der Waals surface area contributed by atoms with Crippen molar-refractivity contribution in [1.29, 1.82) is 0 Å². The number of nitrogens with zero attached hydrogens (tertiary/aromatic N) is 2. The minimum atomic E-state index is -0.450. The summed E-state index contributed by atoms with van der Waals surface area (Å²) in [4.78, 5) is 28.6. The number of aromatic nitrogens is 3. The number of benzene rings is 1. The summed E-state index contributed by atoms with van der Waals surface area (Å²) >= 11 is 5.78. The van der Waals surface area contributed by atoms with Crippen LogP contribution in [0.15, 0.2) is 36.0 Å². The maximum absolute atomic E-state index is 12.6. The molecule has 8 nitrogen and oxygen atoms in total. The van der Waals surface area contributed by atoms with Crippen LogP contribution in [-0.4, -0.2) is 27.0 Å². The van der Waals surface area contributed by atoms with E-state index in [0.717, 1.165) is 11.1 Å². The highest BCUT2D eigenvalue weighted by atomic mass is 32.1. The summed E-state index contributed by atoms with van der Waals surface area (Å²) in [5.74, 6) is 5.01. The average molecular weight is 388 g/mol. The number of nitrogen functional groups attached to an aromatic ring is 1. The predicted molar refractivity (Wildman–Crippen MR) is 102 cm³/mol. The lowest BCUT2D eigenvalue weighted by atomic mass is 10.1. The molecule has 3 rings (SSSR count). The molecular weight excluding hydrogens is 372 g/mol. The summed E-state index contributed by atoms with van der Waals surface area (Å²) in [6, 6.07) is 7.01. The van der Waals surface area contributed by atoms with Gasteiger partial charge in [0, 0.05) is 5.56 Å². The zero-order chi connectivity index (χ0) is 18.7. The zero-order valence-electron chi connectivity index (χ0n) is 13.7. The molecule has 0 aliphatic carbocycles. The number of amides is 2. The highest BCUT2D eigenvalue weighted by Gasteiger charge is 2.19. The molecule has 0 radical (unpaired) electrons. The van der Waals surface area contributed by atoms with Crippen LogP contribution in [0.4, 0.5) is 5.00 Å². The summed E-state index contributed by atoms with van der Waals surface area (Å²) in [5.41, 5.74) is 4.42. The molecule has 0 fully saturated rings. The molecule has 5 N–H and O–H groups in total.